The van der Waals surface area contributed by atoms with Crippen molar-refractivity contribution in [3.05, 3.63) is 48.0 Å². The van der Waals surface area contributed by atoms with E-state index in [9.17, 15) is 0 Å². The Balaban J connectivity index is 2.12. The topological polar surface area (TPSA) is 29.3 Å². The molecule has 2 nitrogen and oxygen atoms in total. The van der Waals surface area contributed by atoms with E-state index in [0.717, 1.165) is 0 Å². The third-order valence-corrected chi connectivity index (χ3v) is 4.18. The maximum Gasteiger partial charge on any atom is 0.0550 e. The van der Waals surface area contributed by atoms with Crippen molar-refractivity contribution in [3.8, 4) is 0 Å². The van der Waals surface area contributed by atoms with Crippen LogP contribution in [0.25, 0.3) is 0 Å². The normalized spacial score (nSPS) is 13.2. The Bertz CT molecular complexity index is 566. The molecule has 0 fully saturated rings. The molecule has 0 radical (unpaired) electrons. The number of rotatable bonds is 1. The average molecular weight is 242 g/mol. The van der Waals surface area contributed by atoms with Crippen LogP contribution < -0.4 is 10.6 Å². The van der Waals surface area contributed by atoms with E-state index < -0.39 is 0 Å². The highest BCUT2D eigenvalue weighted by molar-refractivity contribution is 7.99. The third-order valence-electron chi connectivity index (χ3n) is 3.07. The fraction of sp³-hybridized carbons (Fsp3) is 0.143. The largest absolute Gasteiger partial charge is 0.343 e. The smallest absolute Gasteiger partial charge is 0.0550 e. The lowest BCUT2D eigenvalue weighted by Gasteiger charge is -2.29. The number of hydrogen-bond acceptors (Lipinski definition) is 3. The van der Waals surface area contributed by atoms with Gasteiger partial charge < -0.3 is 10.6 Å². The zero-order chi connectivity index (χ0) is 11.8. The predicted octanol–water partition coefficient (Wildman–Crippen LogP) is 3.38. The minimum atomic E-state index is 0.596. The van der Waals surface area contributed by atoms with Gasteiger partial charge in [0.2, 0.25) is 0 Å². The first-order valence-corrected chi connectivity index (χ1v) is 6.45. The van der Waals surface area contributed by atoms with Crippen molar-refractivity contribution in [2.45, 2.75) is 16.3 Å². The minimum Gasteiger partial charge on any atom is -0.343 e. The third kappa shape index (κ3) is 1.72. The molecule has 0 amide bonds. The fourth-order valence-electron chi connectivity index (χ4n) is 2.11. The summed E-state index contributed by atoms with van der Waals surface area (Å²) in [5.41, 5.74) is 9.40. The van der Waals surface area contributed by atoms with E-state index in [0.29, 0.717) is 6.54 Å². The monoisotopic (exact) mass is 242 g/mol. The molecule has 2 N–H and O–H groups in total. The Labute approximate surface area is 105 Å². The molecule has 0 saturated heterocycles. The van der Waals surface area contributed by atoms with Crippen LogP contribution in [0.3, 0.4) is 0 Å². The van der Waals surface area contributed by atoms with Crippen molar-refractivity contribution in [1.29, 1.82) is 0 Å². The van der Waals surface area contributed by atoms with Crippen LogP contribution in [-0.2, 0) is 6.54 Å². The van der Waals surface area contributed by atoms with Gasteiger partial charge in [-0.2, -0.15) is 0 Å². The molecule has 3 heteroatoms. The van der Waals surface area contributed by atoms with Crippen LogP contribution in [0.1, 0.15) is 5.56 Å². The molecule has 0 aliphatic carbocycles. The summed E-state index contributed by atoms with van der Waals surface area (Å²) in [6, 6.07) is 14.9. The first-order chi connectivity index (χ1) is 8.29. The standard InChI is InChI=1S/C14H14N2S/c1-16-11-4-2-3-5-13(11)17-14-8-10(9-15)6-7-12(14)16/h2-8H,9,15H2,1H3. The zero-order valence-corrected chi connectivity index (χ0v) is 10.5. The van der Waals surface area contributed by atoms with Crippen LogP contribution in [-0.4, -0.2) is 7.05 Å². The first kappa shape index (κ1) is 10.7. The summed E-state index contributed by atoms with van der Waals surface area (Å²) in [4.78, 5) is 4.83. The summed E-state index contributed by atoms with van der Waals surface area (Å²) in [6.07, 6.45) is 0. The fourth-order valence-corrected chi connectivity index (χ4v) is 3.33. The lowest BCUT2D eigenvalue weighted by Crippen LogP contribution is -2.14. The first-order valence-electron chi connectivity index (χ1n) is 5.63. The molecule has 0 atom stereocenters. The van der Waals surface area contributed by atoms with Gasteiger partial charge in [0, 0.05) is 23.4 Å². The number of nitrogens with zero attached hydrogens (tertiary/aromatic N) is 1. The lowest BCUT2D eigenvalue weighted by atomic mass is 10.2. The van der Waals surface area contributed by atoms with Gasteiger partial charge in [-0.15, -0.1) is 0 Å². The molecule has 2 aromatic carbocycles. The molecule has 3 rings (SSSR count). The van der Waals surface area contributed by atoms with Gasteiger partial charge in [0.25, 0.3) is 0 Å². The second kappa shape index (κ2) is 4.09. The van der Waals surface area contributed by atoms with Crippen LogP contribution in [0.2, 0.25) is 0 Å². The number of nitrogens with two attached hydrogens (primary N) is 1. The van der Waals surface area contributed by atoms with Crippen LogP contribution >= 0.6 is 11.8 Å². The maximum absolute atomic E-state index is 5.69. The highest BCUT2D eigenvalue weighted by Crippen LogP contribution is 2.47. The van der Waals surface area contributed by atoms with Gasteiger partial charge in [-0.25, -0.2) is 0 Å². The van der Waals surface area contributed by atoms with Crippen molar-refractivity contribution >= 4 is 23.1 Å². The Hall–Kier alpha value is -1.45. The Morgan fingerprint density at radius 3 is 2.65 bits per heavy atom. The van der Waals surface area contributed by atoms with E-state index in [1.54, 1.807) is 0 Å². The molecule has 1 heterocycles. The second-order valence-corrected chi connectivity index (χ2v) is 5.22. The molecule has 17 heavy (non-hydrogen) atoms. The number of anilines is 2. The van der Waals surface area contributed by atoms with Gasteiger partial charge >= 0.3 is 0 Å². The summed E-state index contributed by atoms with van der Waals surface area (Å²) < 4.78 is 0. The summed E-state index contributed by atoms with van der Waals surface area (Å²) in [5.74, 6) is 0. The Kier molecular flexibility index (Phi) is 2.57. The summed E-state index contributed by atoms with van der Waals surface area (Å²) in [6.45, 7) is 0.596. The quantitative estimate of drug-likeness (QED) is 0.831. The van der Waals surface area contributed by atoms with Crippen molar-refractivity contribution < 1.29 is 0 Å². The van der Waals surface area contributed by atoms with Crippen molar-refractivity contribution in [1.82, 2.24) is 0 Å². The maximum atomic E-state index is 5.69. The van der Waals surface area contributed by atoms with Gasteiger partial charge in [0.05, 0.1) is 11.4 Å². The molecular weight excluding hydrogens is 228 g/mol. The summed E-state index contributed by atoms with van der Waals surface area (Å²) in [5, 5.41) is 0. The summed E-state index contributed by atoms with van der Waals surface area (Å²) >= 11 is 1.82. The highest BCUT2D eigenvalue weighted by Gasteiger charge is 2.19. The van der Waals surface area contributed by atoms with E-state index in [1.807, 2.05) is 11.8 Å². The van der Waals surface area contributed by atoms with Crippen LogP contribution in [0, 0.1) is 0 Å². The van der Waals surface area contributed by atoms with E-state index in [-0.39, 0.29) is 0 Å². The van der Waals surface area contributed by atoms with E-state index in [2.05, 4.69) is 54.4 Å². The van der Waals surface area contributed by atoms with Gasteiger partial charge in [-0.1, -0.05) is 30.0 Å². The molecular formula is C14H14N2S. The molecule has 1 aliphatic rings. The zero-order valence-electron chi connectivity index (χ0n) is 9.68. The van der Waals surface area contributed by atoms with Gasteiger partial charge in [0.1, 0.15) is 0 Å². The highest BCUT2D eigenvalue weighted by atomic mass is 32.2. The van der Waals surface area contributed by atoms with E-state index >= 15 is 0 Å². The number of hydrogen-bond donors (Lipinski definition) is 1. The van der Waals surface area contributed by atoms with Crippen molar-refractivity contribution in [3.63, 3.8) is 0 Å². The van der Waals surface area contributed by atoms with Gasteiger partial charge in [-0.3, -0.25) is 0 Å². The van der Waals surface area contributed by atoms with E-state index in [4.69, 9.17) is 5.73 Å². The Morgan fingerprint density at radius 1 is 1.06 bits per heavy atom. The number of para-hydroxylation sites is 1. The number of benzene rings is 2. The molecule has 0 bridgehead atoms. The van der Waals surface area contributed by atoms with Gasteiger partial charge in [0.15, 0.2) is 0 Å². The molecule has 1 aliphatic heterocycles. The van der Waals surface area contributed by atoms with Crippen molar-refractivity contribution in [2.75, 3.05) is 11.9 Å². The van der Waals surface area contributed by atoms with Crippen LogP contribution in [0.4, 0.5) is 11.4 Å². The molecule has 0 spiro atoms. The molecule has 86 valence electrons. The second-order valence-electron chi connectivity index (χ2n) is 4.14. The average Bonchev–Trinajstić information content (AvgIpc) is 2.38. The molecule has 0 aromatic heterocycles. The minimum absolute atomic E-state index is 0.596. The summed E-state index contributed by atoms with van der Waals surface area (Å²) in [7, 11) is 2.11. The van der Waals surface area contributed by atoms with E-state index in [1.165, 1.54) is 26.7 Å². The van der Waals surface area contributed by atoms with Crippen LogP contribution in [0.15, 0.2) is 52.3 Å². The SMILES string of the molecule is CN1c2ccccc2Sc2cc(CN)ccc21. The Morgan fingerprint density at radius 2 is 1.82 bits per heavy atom. The number of fused-ring (bicyclic) bond motifs is 2. The molecule has 0 saturated carbocycles. The van der Waals surface area contributed by atoms with Gasteiger partial charge in [-0.05, 0) is 29.8 Å². The molecule has 0 unspecified atom stereocenters. The lowest BCUT2D eigenvalue weighted by molar-refractivity contribution is 1.04. The molecule has 2 aromatic rings. The predicted molar refractivity (Wildman–Crippen MR) is 73.0 cm³/mol. The van der Waals surface area contributed by atoms with Crippen molar-refractivity contribution in [2.24, 2.45) is 5.73 Å². The van der Waals surface area contributed by atoms with Crippen LogP contribution in [0.5, 0.6) is 0 Å².